The number of nitrogens with zero attached hydrogens (tertiary/aromatic N) is 2. The third-order valence-electron chi connectivity index (χ3n) is 7.39. The Labute approximate surface area is 204 Å². The van der Waals surface area contributed by atoms with E-state index in [1.54, 1.807) is 0 Å². The van der Waals surface area contributed by atoms with Gasteiger partial charge < -0.3 is 28.7 Å². The van der Waals surface area contributed by atoms with E-state index >= 15 is 0 Å². The summed E-state index contributed by atoms with van der Waals surface area (Å²) in [6.07, 6.45) is 7.29. The summed E-state index contributed by atoms with van der Waals surface area (Å²) in [6, 6.07) is 0. The number of carbonyl (C=O) groups excluding carboxylic acids is 2. The van der Waals surface area contributed by atoms with Gasteiger partial charge in [0.05, 0.1) is 52.6 Å². The molecule has 4 fully saturated rings. The first kappa shape index (κ1) is 25.9. The van der Waals surface area contributed by atoms with Crippen LogP contribution in [0.5, 0.6) is 0 Å². The summed E-state index contributed by atoms with van der Waals surface area (Å²) < 4.78 is 22.0. The largest absolute Gasteiger partial charge is 0.368 e. The Balaban J connectivity index is 1.06. The van der Waals surface area contributed by atoms with E-state index in [0.717, 1.165) is 65.0 Å². The highest BCUT2D eigenvalue weighted by Crippen LogP contribution is 2.33. The fourth-order valence-corrected chi connectivity index (χ4v) is 4.51. The summed E-state index contributed by atoms with van der Waals surface area (Å²) in [5.41, 5.74) is -0.664. The van der Waals surface area contributed by atoms with Crippen LogP contribution in [-0.2, 0) is 28.5 Å². The van der Waals surface area contributed by atoms with Gasteiger partial charge in [0, 0.05) is 12.8 Å². The molecule has 0 bridgehead atoms. The van der Waals surface area contributed by atoms with E-state index in [4.69, 9.17) is 18.9 Å². The van der Waals surface area contributed by atoms with Crippen molar-refractivity contribution in [2.45, 2.75) is 101 Å². The van der Waals surface area contributed by atoms with Crippen molar-refractivity contribution in [1.82, 2.24) is 9.80 Å². The van der Waals surface area contributed by atoms with Crippen LogP contribution in [0.25, 0.3) is 0 Å². The zero-order valence-corrected chi connectivity index (χ0v) is 21.7. The van der Waals surface area contributed by atoms with E-state index in [9.17, 15) is 9.59 Å². The van der Waals surface area contributed by atoms with Crippen LogP contribution in [0.1, 0.15) is 79.1 Å². The van der Waals surface area contributed by atoms with Crippen molar-refractivity contribution in [3.05, 3.63) is 0 Å². The topological polar surface area (TPSA) is 90.7 Å². The first-order valence-electron chi connectivity index (χ1n) is 13.1. The molecule has 34 heavy (non-hydrogen) atoms. The lowest BCUT2D eigenvalue weighted by atomic mass is 10.1. The lowest BCUT2D eigenvalue weighted by molar-refractivity contribution is -0.133. The SMILES string of the molecule is CC1(CN(CC2(C)CO2)C(=O)CCCCCCCCC(=O)N(CC2(C)CO2)CC2(C)CO2)CO1. The molecule has 0 aromatic rings. The Morgan fingerprint density at radius 2 is 0.765 bits per heavy atom. The molecule has 0 spiro atoms. The van der Waals surface area contributed by atoms with Gasteiger partial charge in [0.25, 0.3) is 0 Å². The van der Waals surface area contributed by atoms with Gasteiger partial charge in [-0.15, -0.1) is 0 Å². The number of hydrogen-bond donors (Lipinski definition) is 0. The molecule has 4 atom stereocenters. The third kappa shape index (κ3) is 8.18. The molecule has 4 heterocycles. The van der Waals surface area contributed by atoms with Crippen molar-refractivity contribution in [3.8, 4) is 0 Å². The summed E-state index contributed by atoms with van der Waals surface area (Å²) in [5, 5.41) is 0. The third-order valence-corrected chi connectivity index (χ3v) is 7.39. The maximum Gasteiger partial charge on any atom is 0.222 e. The molecule has 4 unspecified atom stereocenters. The van der Waals surface area contributed by atoms with Gasteiger partial charge in [0.2, 0.25) is 11.8 Å². The highest BCUT2D eigenvalue weighted by molar-refractivity contribution is 5.77. The zero-order chi connectivity index (χ0) is 24.5. The molecule has 2 amide bonds. The summed E-state index contributed by atoms with van der Waals surface area (Å²) >= 11 is 0. The normalized spacial score (nSPS) is 35.1. The van der Waals surface area contributed by atoms with Crippen LogP contribution in [0.4, 0.5) is 0 Å². The van der Waals surface area contributed by atoms with Gasteiger partial charge in [0.1, 0.15) is 22.4 Å². The number of carbonyl (C=O) groups is 2. The number of hydrogen-bond acceptors (Lipinski definition) is 6. The number of epoxide rings is 4. The van der Waals surface area contributed by atoms with Gasteiger partial charge in [-0.05, 0) is 40.5 Å². The van der Waals surface area contributed by atoms with Crippen LogP contribution < -0.4 is 0 Å². The molecular formula is C26H44N2O6. The average Bonchev–Trinajstić information content (AvgIpc) is 3.60. The molecule has 8 nitrogen and oxygen atoms in total. The molecule has 4 saturated heterocycles. The molecule has 8 heteroatoms. The van der Waals surface area contributed by atoms with Gasteiger partial charge in [-0.25, -0.2) is 0 Å². The average molecular weight is 481 g/mol. The Morgan fingerprint density at radius 3 is 1.00 bits per heavy atom. The summed E-state index contributed by atoms with van der Waals surface area (Å²) in [4.78, 5) is 29.5. The Bertz CT molecular complexity index is 638. The van der Waals surface area contributed by atoms with Gasteiger partial charge in [-0.3, -0.25) is 9.59 Å². The van der Waals surface area contributed by atoms with E-state index in [-0.39, 0.29) is 34.2 Å². The predicted octanol–water partition coefficient (Wildman–Crippen LogP) is 2.92. The zero-order valence-electron chi connectivity index (χ0n) is 21.7. The van der Waals surface area contributed by atoms with Crippen molar-refractivity contribution in [2.75, 3.05) is 52.6 Å². The molecule has 0 N–H and O–H groups in total. The standard InChI is InChI=1S/C26H44N2O6/c1-23(17-31-23)13-27(14-24(2)18-32-24)21(29)11-9-7-5-6-8-10-12-22(30)28(15-25(3)19-33-25)16-26(4)20-34-26/h5-20H2,1-4H3. The van der Waals surface area contributed by atoms with Crippen molar-refractivity contribution >= 4 is 11.8 Å². The molecule has 4 aliphatic rings. The summed E-state index contributed by atoms with van der Waals surface area (Å²) in [7, 11) is 0. The maximum atomic E-state index is 12.8. The van der Waals surface area contributed by atoms with E-state index in [2.05, 4.69) is 27.7 Å². The summed E-state index contributed by atoms with van der Waals surface area (Å²) in [5.74, 6) is 0.418. The summed E-state index contributed by atoms with van der Waals surface area (Å²) in [6.45, 7) is 13.8. The van der Waals surface area contributed by atoms with Gasteiger partial charge in [-0.2, -0.15) is 0 Å². The Morgan fingerprint density at radius 1 is 0.529 bits per heavy atom. The number of unbranched alkanes of at least 4 members (excludes halogenated alkanes) is 5. The van der Waals surface area contributed by atoms with E-state index < -0.39 is 0 Å². The molecule has 194 valence electrons. The number of rotatable bonds is 17. The van der Waals surface area contributed by atoms with Crippen LogP contribution in [0.2, 0.25) is 0 Å². The Kier molecular flexibility index (Phi) is 7.63. The quantitative estimate of drug-likeness (QED) is 0.235. The van der Waals surface area contributed by atoms with Crippen LogP contribution in [0.15, 0.2) is 0 Å². The highest BCUT2D eigenvalue weighted by Gasteiger charge is 2.48. The van der Waals surface area contributed by atoms with E-state index in [1.165, 1.54) is 0 Å². The van der Waals surface area contributed by atoms with Crippen molar-refractivity contribution < 1.29 is 28.5 Å². The second-order valence-corrected chi connectivity index (χ2v) is 12.1. The van der Waals surface area contributed by atoms with Crippen molar-refractivity contribution in [1.29, 1.82) is 0 Å². The monoisotopic (exact) mass is 480 g/mol. The van der Waals surface area contributed by atoms with Crippen LogP contribution in [0, 0.1) is 0 Å². The molecular weight excluding hydrogens is 436 g/mol. The minimum absolute atomic E-state index is 0.166. The molecule has 0 radical (unpaired) electrons. The lowest BCUT2D eigenvalue weighted by Gasteiger charge is -2.26. The van der Waals surface area contributed by atoms with Crippen LogP contribution in [-0.4, -0.2) is 96.6 Å². The second-order valence-electron chi connectivity index (χ2n) is 12.1. The van der Waals surface area contributed by atoms with Gasteiger partial charge in [0.15, 0.2) is 0 Å². The first-order chi connectivity index (χ1) is 16.0. The van der Waals surface area contributed by atoms with Gasteiger partial charge >= 0.3 is 0 Å². The first-order valence-corrected chi connectivity index (χ1v) is 13.1. The minimum atomic E-state index is -0.166. The molecule has 0 aromatic carbocycles. The van der Waals surface area contributed by atoms with Crippen LogP contribution >= 0.6 is 0 Å². The smallest absolute Gasteiger partial charge is 0.222 e. The van der Waals surface area contributed by atoms with E-state index in [0.29, 0.717) is 39.0 Å². The Hall–Kier alpha value is -1.22. The number of amides is 2. The molecule has 4 aliphatic heterocycles. The fourth-order valence-electron chi connectivity index (χ4n) is 4.51. The fraction of sp³-hybridized carbons (Fsp3) is 0.923. The van der Waals surface area contributed by atoms with Gasteiger partial charge in [-0.1, -0.05) is 25.7 Å². The predicted molar refractivity (Wildman–Crippen MR) is 128 cm³/mol. The van der Waals surface area contributed by atoms with Crippen LogP contribution in [0.3, 0.4) is 0 Å². The van der Waals surface area contributed by atoms with Crippen molar-refractivity contribution in [3.63, 3.8) is 0 Å². The minimum Gasteiger partial charge on any atom is -0.368 e. The maximum absolute atomic E-state index is 12.8. The highest BCUT2D eigenvalue weighted by atomic mass is 16.6. The van der Waals surface area contributed by atoms with Crippen molar-refractivity contribution in [2.24, 2.45) is 0 Å². The molecule has 0 aliphatic carbocycles. The second kappa shape index (κ2) is 10.0. The molecule has 0 aromatic heterocycles. The molecule has 4 rings (SSSR count). The number of ether oxygens (including phenoxy) is 4. The lowest BCUT2D eigenvalue weighted by Crippen LogP contribution is -2.43. The van der Waals surface area contributed by atoms with E-state index in [1.807, 2.05) is 9.80 Å². The molecule has 0 saturated carbocycles.